The summed E-state index contributed by atoms with van der Waals surface area (Å²) in [5.74, 6) is 0.264. The second-order valence-electron chi connectivity index (χ2n) is 8.69. The van der Waals surface area contributed by atoms with Gasteiger partial charge in [-0.25, -0.2) is 0 Å². The summed E-state index contributed by atoms with van der Waals surface area (Å²) in [7, 11) is 0. The van der Waals surface area contributed by atoms with Gasteiger partial charge in [-0.1, -0.05) is 114 Å². The summed E-state index contributed by atoms with van der Waals surface area (Å²) in [6.07, 6.45) is 17.2. The SMILES string of the molecule is CCCCCCCCCCCCCCCC(=O)Oc1ccc(C(=O)c2ccccc2)cc1.[H-].[Na+]. The van der Waals surface area contributed by atoms with Crippen LogP contribution in [0.5, 0.6) is 5.75 Å². The second kappa shape index (κ2) is 18.9. The standard InChI is InChI=1S/C29H40O3.Na.H/c1-2-3-4-5-6-7-8-9-10-11-12-13-17-20-28(30)32-27-23-21-26(22-24-27)29(31)25-18-15-14-16-19-25;;/h14-16,18-19,21-24H,2-13,17,20H2,1H3;;/q;+1;-1. The van der Waals surface area contributed by atoms with Crippen molar-refractivity contribution in [2.45, 2.75) is 96.8 Å². The zero-order valence-corrected chi connectivity index (χ0v) is 22.8. The van der Waals surface area contributed by atoms with Crippen LogP contribution in [0.2, 0.25) is 0 Å². The molecule has 0 amide bonds. The minimum Gasteiger partial charge on any atom is -1.00 e. The van der Waals surface area contributed by atoms with Crippen LogP contribution in [0.3, 0.4) is 0 Å². The third-order valence-electron chi connectivity index (χ3n) is 5.87. The Bertz CT molecular complexity index is 778. The molecule has 2 aromatic carbocycles. The topological polar surface area (TPSA) is 43.4 Å². The smallest absolute Gasteiger partial charge is 1.00 e. The van der Waals surface area contributed by atoms with Crippen molar-refractivity contribution < 1.29 is 45.3 Å². The summed E-state index contributed by atoms with van der Waals surface area (Å²) in [4.78, 5) is 24.5. The van der Waals surface area contributed by atoms with E-state index in [4.69, 9.17) is 4.74 Å². The molecule has 0 aliphatic carbocycles. The summed E-state index contributed by atoms with van der Waals surface area (Å²) in [5, 5.41) is 0. The monoisotopic (exact) mass is 460 g/mol. The molecule has 0 atom stereocenters. The molecule has 0 fully saturated rings. The predicted octanol–water partition coefficient (Wildman–Crippen LogP) is 5.42. The molecule has 2 aromatic rings. The number of rotatable bonds is 17. The summed E-state index contributed by atoms with van der Waals surface area (Å²) in [6.45, 7) is 2.26. The molecule has 0 bridgehead atoms. The average molecular weight is 461 g/mol. The Labute approximate surface area is 224 Å². The van der Waals surface area contributed by atoms with E-state index in [1.165, 1.54) is 70.6 Å². The van der Waals surface area contributed by atoms with Crippen molar-refractivity contribution in [3.8, 4) is 5.75 Å². The summed E-state index contributed by atoms with van der Waals surface area (Å²) in [6, 6.07) is 16.0. The van der Waals surface area contributed by atoms with Crippen molar-refractivity contribution in [1.82, 2.24) is 0 Å². The molecular weight excluding hydrogens is 419 g/mol. The molecule has 0 unspecified atom stereocenters. The van der Waals surface area contributed by atoms with Gasteiger partial charge in [-0.05, 0) is 30.7 Å². The van der Waals surface area contributed by atoms with E-state index in [-0.39, 0.29) is 42.7 Å². The molecule has 33 heavy (non-hydrogen) atoms. The van der Waals surface area contributed by atoms with Crippen LogP contribution in [-0.2, 0) is 4.79 Å². The van der Waals surface area contributed by atoms with Gasteiger partial charge in [0.2, 0.25) is 0 Å². The molecule has 0 saturated heterocycles. The van der Waals surface area contributed by atoms with Gasteiger partial charge in [0.25, 0.3) is 0 Å². The van der Waals surface area contributed by atoms with Gasteiger partial charge >= 0.3 is 35.5 Å². The van der Waals surface area contributed by atoms with Crippen molar-refractivity contribution in [3.63, 3.8) is 0 Å². The van der Waals surface area contributed by atoms with Gasteiger partial charge in [0.1, 0.15) is 5.75 Å². The van der Waals surface area contributed by atoms with Gasteiger partial charge in [-0.15, -0.1) is 0 Å². The number of hydrogen-bond acceptors (Lipinski definition) is 3. The molecule has 0 aliphatic heterocycles. The zero-order valence-electron chi connectivity index (χ0n) is 21.8. The van der Waals surface area contributed by atoms with Gasteiger partial charge in [-0.3, -0.25) is 9.59 Å². The first-order valence-electron chi connectivity index (χ1n) is 12.6. The summed E-state index contributed by atoms with van der Waals surface area (Å²) >= 11 is 0. The van der Waals surface area contributed by atoms with Crippen LogP contribution in [0.4, 0.5) is 0 Å². The van der Waals surface area contributed by atoms with E-state index >= 15 is 0 Å². The van der Waals surface area contributed by atoms with E-state index in [1.54, 1.807) is 36.4 Å². The van der Waals surface area contributed by atoms with E-state index in [2.05, 4.69) is 6.92 Å². The number of ketones is 1. The summed E-state index contributed by atoms with van der Waals surface area (Å²) in [5.41, 5.74) is 1.24. The minimum absolute atomic E-state index is 0. The third-order valence-corrected chi connectivity index (χ3v) is 5.87. The van der Waals surface area contributed by atoms with E-state index in [1.807, 2.05) is 18.2 Å². The van der Waals surface area contributed by atoms with Crippen LogP contribution in [0.25, 0.3) is 0 Å². The Morgan fingerprint density at radius 1 is 0.636 bits per heavy atom. The fourth-order valence-electron chi connectivity index (χ4n) is 3.90. The Hall–Kier alpha value is -1.42. The van der Waals surface area contributed by atoms with E-state index in [9.17, 15) is 9.59 Å². The fraction of sp³-hybridized carbons (Fsp3) is 0.517. The molecule has 0 radical (unpaired) electrons. The van der Waals surface area contributed by atoms with Crippen LogP contribution in [0.15, 0.2) is 54.6 Å². The van der Waals surface area contributed by atoms with E-state index < -0.39 is 0 Å². The van der Waals surface area contributed by atoms with Gasteiger partial charge < -0.3 is 6.16 Å². The maximum absolute atomic E-state index is 12.4. The quantitative estimate of drug-likeness (QED) is 0.104. The predicted molar refractivity (Wildman–Crippen MR) is 133 cm³/mol. The number of carbonyl (C=O) groups excluding carboxylic acids is 2. The molecule has 2 rings (SSSR count). The first-order valence-corrected chi connectivity index (χ1v) is 12.6. The van der Waals surface area contributed by atoms with Crippen LogP contribution in [-0.4, -0.2) is 11.8 Å². The Morgan fingerprint density at radius 2 is 1.09 bits per heavy atom. The molecular formula is C29H41NaO3. The number of hydrogen-bond donors (Lipinski definition) is 0. The zero-order chi connectivity index (χ0) is 22.9. The Balaban J connectivity index is 0.00000544. The molecule has 0 aromatic heterocycles. The molecule has 0 aliphatic rings. The first kappa shape index (κ1) is 29.6. The van der Waals surface area contributed by atoms with Crippen molar-refractivity contribution in [3.05, 3.63) is 65.7 Å². The van der Waals surface area contributed by atoms with Crippen molar-refractivity contribution in [2.24, 2.45) is 0 Å². The maximum atomic E-state index is 12.4. The number of carbonyl (C=O) groups is 2. The average Bonchev–Trinajstić information content (AvgIpc) is 2.82. The maximum Gasteiger partial charge on any atom is 1.00 e. The van der Waals surface area contributed by atoms with Crippen LogP contribution < -0.4 is 34.3 Å². The van der Waals surface area contributed by atoms with Gasteiger partial charge in [0.15, 0.2) is 5.78 Å². The van der Waals surface area contributed by atoms with Gasteiger partial charge in [0.05, 0.1) is 0 Å². The third kappa shape index (κ3) is 13.2. The Kier molecular flexibility index (Phi) is 17.0. The molecule has 0 N–H and O–H groups in total. The van der Waals surface area contributed by atoms with Crippen LogP contribution >= 0.6 is 0 Å². The fourth-order valence-corrected chi connectivity index (χ4v) is 3.90. The number of esters is 1. The normalized spacial score (nSPS) is 10.5. The second-order valence-corrected chi connectivity index (χ2v) is 8.69. The minimum atomic E-state index is -0.199. The van der Waals surface area contributed by atoms with Crippen LogP contribution in [0, 0.1) is 0 Å². The number of ether oxygens (including phenoxy) is 1. The Morgan fingerprint density at radius 3 is 1.61 bits per heavy atom. The largest absolute Gasteiger partial charge is 1.00 e. The molecule has 0 saturated carbocycles. The van der Waals surface area contributed by atoms with E-state index in [0.717, 1.165) is 12.8 Å². The molecule has 0 heterocycles. The van der Waals surface area contributed by atoms with Crippen LogP contribution in [0.1, 0.15) is 114 Å². The number of benzene rings is 2. The molecule has 3 nitrogen and oxygen atoms in total. The van der Waals surface area contributed by atoms with Gasteiger partial charge in [0, 0.05) is 17.5 Å². The van der Waals surface area contributed by atoms with Crippen molar-refractivity contribution >= 4 is 11.8 Å². The molecule has 4 heteroatoms. The number of unbranched alkanes of at least 4 members (excludes halogenated alkanes) is 12. The summed E-state index contributed by atoms with van der Waals surface area (Å²) < 4.78 is 5.41. The van der Waals surface area contributed by atoms with Gasteiger partial charge in [-0.2, -0.15) is 0 Å². The van der Waals surface area contributed by atoms with E-state index in [0.29, 0.717) is 23.3 Å². The molecule has 176 valence electrons. The van der Waals surface area contributed by atoms with Crippen molar-refractivity contribution in [1.29, 1.82) is 0 Å². The molecule has 0 spiro atoms. The first-order chi connectivity index (χ1) is 15.7. The van der Waals surface area contributed by atoms with Crippen molar-refractivity contribution in [2.75, 3.05) is 0 Å².